The van der Waals surface area contributed by atoms with Crippen molar-refractivity contribution in [3.8, 4) is 11.3 Å². The van der Waals surface area contributed by atoms with E-state index in [2.05, 4.69) is 10.3 Å². The average molecular weight is 392 g/mol. The zero-order valence-electron chi connectivity index (χ0n) is 16.7. The number of benzene rings is 2. The van der Waals surface area contributed by atoms with Gasteiger partial charge in [-0.15, -0.1) is 0 Å². The predicted octanol–water partition coefficient (Wildman–Crippen LogP) is 4.58. The highest BCUT2D eigenvalue weighted by atomic mass is 16.4. The Hall–Kier alpha value is -3.41. The quantitative estimate of drug-likeness (QED) is 0.614. The average Bonchev–Trinajstić information content (AvgIpc) is 3.08. The molecule has 6 heteroatoms. The molecule has 0 atom stereocenters. The maximum atomic E-state index is 12.3. The van der Waals surface area contributed by atoms with Crippen molar-refractivity contribution < 1.29 is 19.1 Å². The Balaban J connectivity index is 1.59. The molecule has 0 unspecified atom stereocenters. The predicted molar refractivity (Wildman–Crippen MR) is 111 cm³/mol. The number of rotatable bonds is 7. The molecule has 29 heavy (non-hydrogen) atoms. The van der Waals surface area contributed by atoms with E-state index in [1.807, 2.05) is 37.3 Å². The van der Waals surface area contributed by atoms with Gasteiger partial charge in [0.1, 0.15) is 0 Å². The molecule has 0 bridgehead atoms. The number of nitrogens with one attached hydrogen (secondary N) is 1. The van der Waals surface area contributed by atoms with Gasteiger partial charge in [0.05, 0.1) is 11.1 Å². The highest BCUT2D eigenvalue weighted by Crippen LogP contribution is 2.26. The maximum Gasteiger partial charge on any atom is 0.313 e. The SMILES string of the molecule is Cc1nc(CCC(=O)Nc2ccc(C(C)(C)C(=O)O)cc2)oc1-c1ccccc1. The van der Waals surface area contributed by atoms with E-state index in [0.29, 0.717) is 23.6 Å². The lowest BCUT2D eigenvalue weighted by molar-refractivity contribution is -0.142. The van der Waals surface area contributed by atoms with Crippen LogP contribution in [0.5, 0.6) is 0 Å². The van der Waals surface area contributed by atoms with Crippen LogP contribution in [-0.2, 0) is 21.4 Å². The summed E-state index contributed by atoms with van der Waals surface area (Å²) in [5, 5.41) is 12.1. The summed E-state index contributed by atoms with van der Waals surface area (Å²) >= 11 is 0. The molecule has 0 aliphatic rings. The first kappa shape index (κ1) is 20.3. The van der Waals surface area contributed by atoms with Crippen LogP contribution in [0, 0.1) is 6.92 Å². The molecule has 0 saturated heterocycles. The van der Waals surface area contributed by atoms with Crippen LogP contribution in [0.2, 0.25) is 0 Å². The molecule has 6 nitrogen and oxygen atoms in total. The van der Waals surface area contributed by atoms with Gasteiger partial charge in [0.15, 0.2) is 11.7 Å². The fourth-order valence-corrected chi connectivity index (χ4v) is 2.95. The van der Waals surface area contributed by atoms with Crippen LogP contribution in [0.25, 0.3) is 11.3 Å². The van der Waals surface area contributed by atoms with Gasteiger partial charge in [0.2, 0.25) is 5.91 Å². The number of carbonyl (C=O) groups is 2. The van der Waals surface area contributed by atoms with Crippen molar-refractivity contribution in [3.63, 3.8) is 0 Å². The third kappa shape index (κ3) is 4.71. The van der Waals surface area contributed by atoms with E-state index < -0.39 is 11.4 Å². The summed E-state index contributed by atoms with van der Waals surface area (Å²) in [5.41, 5.74) is 2.06. The minimum atomic E-state index is -0.984. The van der Waals surface area contributed by atoms with Gasteiger partial charge < -0.3 is 14.8 Å². The second-order valence-corrected chi connectivity index (χ2v) is 7.44. The van der Waals surface area contributed by atoms with Crippen molar-refractivity contribution in [2.45, 2.75) is 39.0 Å². The number of carboxylic acid groups (broad SMARTS) is 1. The van der Waals surface area contributed by atoms with Gasteiger partial charge in [-0.2, -0.15) is 0 Å². The molecule has 0 fully saturated rings. The van der Waals surface area contributed by atoms with Crippen molar-refractivity contribution in [3.05, 3.63) is 71.7 Å². The summed E-state index contributed by atoms with van der Waals surface area (Å²) in [7, 11) is 0. The summed E-state index contributed by atoms with van der Waals surface area (Å²) in [5.74, 6) is 0.186. The monoisotopic (exact) mass is 392 g/mol. The topological polar surface area (TPSA) is 92.4 Å². The van der Waals surface area contributed by atoms with E-state index in [1.165, 1.54) is 0 Å². The molecule has 0 radical (unpaired) electrons. The van der Waals surface area contributed by atoms with Gasteiger partial charge in [-0.05, 0) is 38.5 Å². The van der Waals surface area contributed by atoms with Gasteiger partial charge >= 0.3 is 5.97 Å². The highest BCUT2D eigenvalue weighted by Gasteiger charge is 2.29. The van der Waals surface area contributed by atoms with Crippen molar-refractivity contribution in [2.75, 3.05) is 5.32 Å². The Labute approximate surface area is 169 Å². The maximum absolute atomic E-state index is 12.3. The number of aryl methyl sites for hydroxylation is 2. The van der Waals surface area contributed by atoms with E-state index in [9.17, 15) is 14.7 Å². The molecule has 0 saturated carbocycles. The number of hydrogen-bond acceptors (Lipinski definition) is 4. The molecule has 0 aliphatic carbocycles. The number of carboxylic acids is 1. The smallest absolute Gasteiger partial charge is 0.313 e. The lowest BCUT2D eigenvalue weighted by Gasteiger charge is -2.19. The second kappa shape index (κ2) is 8.31. The second-order valence-electron chi connectivity index (χ2n) is 7.44. The lowest BCUT2D eigenvalue weighted by atomic mass is 9.85. The zero-order chi connectivity index (χ0) is 21.0. The minimum Gasteiger partial charge on any atom is -0.481 e. The summed E-state index contributed by atoms with van der Waals surface area (Å²) < 4.78 is 5.83. The molecule has 0 spiro atoms. The standard InChI is InChI=1S/C23H24N2O4/c1-15-21(16-7-5-4-6-8-16)29-20(24-15)14-13-19(26)25-18-11-9-17(10-12-18)23(2,3)22(27)28/h4-12H,13-14H2,1-3H3,(H,25,26)(H,27,28). The highest BCUT2D eigenvalue weighted by molar-refractivity contribution is 5.91. The zero-order valence-corrected chi connectivity index (χ0v) is 16.7. The largest absolute Gasteiger partial charge is 0.481 e. The minimum absolute atomic E-state index is 0.160. The van der Waals surface area contributed by atoms with Crippen molar-refractivity contribution in [1.29, 1.82) is 0 Å². The lowest BCUT2D eigenvalue weighted by Crippen LogP contribution is -2.28. The molecule has 1 heterocycles. The first-order valence-corrected chi connectivity index (χ1v) is 9.43. The number of carbonyl (C=O) groups excluding carboxylic acids is 1. The summed E-state index contributed by atoms with van der Waals surface area (Å²) in [4.78, 5) is 28.0. The molecule has 3 rings (SSSR count). The summed E-state index contributed by atoms with van der Waals surface area (Å²) in [6.45, 7) is 5.17. The van der Waals surface area contributed by atoms with Crippen molar-refractivity contribution in [1.82, 2.24) is 4.98 Å². The number of oxazole rings is 1. The van der Waals surface area contributed by atoms with Gasteiger partial charge in [-0.3, -0.25) is 9.59 Å². The number of amides is 1. The molecule has 150 valence electrons. The molecule has 3 aromatic rings. The fourth-order valence-electron chi connectivity index (χ4n) is 2.95. The Kier molecular flexibility index (Phi) is 5.82. The Morgan fingerprint density at radius 3 is 2.34 bits per heavy atom. The molecular formula is C23H24N2O4. The van der Waals surface area contributed by atoms with Crippen molar-refractivity contribution >= 4 is 17.6 Å². The Bertz CT molecular complexity index is 1010. The van der Waals surface area contributed by atoms with Gasteiger partial charge in [0, 0.05) is 24.1 Å². The van der Waals surface area contributed by atoms with Crippen LogP contribution in [0.1, 0.15) is 37.4 Å². The van der Waals surface area contributed by atoms with E-state index in [-0.39, 0.29) is 12.3 Å². The van der Waals surface area contributed by atoms with E-state index in [0.717, 1.165) is 17.0 Å². The number of anilines is 1. The fraction of sp³-hybridized carbons (Fsp3) is 0.261. The van der Waals surface area contributed by atoms with E-state index in [4.69, 9.17) is 4.42 Å². The van der Waals surface area contributed by atoms with Gasteiger partial charge in [-0.25, -0.2) is 4.98 Å². The molecular weight excluding hydrogens is 368 g/mol. The van der Waals surface area contributed by atoms with Crippen LogP contribution in [0.4, 0.5) is 5.69 Å². The number of nitrogens with zero attached hydrogens (tertiary/aromatic N) is 1. The van der Waals surface area contributed by atoms with Gasteiger partial charge in [-0.1, -0.05) is 42.5 Å². The normalized spacial score (nSPS) is 11.3. The molecule has 2 aromatic carbocycles. The number of aliphatic carboxylic acids is 1. The first-order valence-electron chi connectivity index (χ1n) is 9.43. The first-order chi connectivity index (χ1) is 13.8. The molecule has 2 N–H and O–H groups in total. The number of hydrogen-bond donors (Lipinski definition) is 2. The number of aromatic nitrogens is 1. The van der Waals surface area contributed by atoms with E-state index >= 15 is 0 Å². The molecule has 1 aromatic heterocycles. The van der Waals surface area contributed by atoms with Crippen LogP contribution < -0.4 is 5.32 Å². The Morgan fingerprint density at radius 2 is 1.72 bits per heavy atom. The third-order valence-corrected chi connectivity index (χ3v) is 4.87. The van der Waals surface area contributed by atoms with Crippen LogP contribution >= 0.6 is 0 Å². The Morgan fingerprint density at radius 1 is 1.07 bits per heavy atom. The summed E-state index contributed by atoms with van der Waals surface area (Å²) in [6.07, 6.45) is 0.625. The van der Waals surface area contributed by atoms with E-state index in [1.54, 1.807) is 38.1 Å². The van der Waals surface area contributed by atoms with Crippen molar-refractivity contribution in [2.24, 2.45) is 0 Å². The van der Waals surface area contributed by atoms with Crippen LogP contribution in [0.3, 0.4) is 0 Å². The molecule has 1 amide bonds. The van der Waals surface area contributed by atoms with Crippen LogP contribution in [0.15, 0.2) is 59.0 Å². The summed E-state index contributed by atoms with van der Waals surface area (Å²) in [6, 6.07) is 16.6. The molecule has 0 aliphatic heterocycles. The third-order valence-electron chi connectivity index (χ3n) is 4.87. The van der Waals surface area contributed by atoms with Gasteiger partial charge in [0.25, 0.3) is 0 Å². The van der Waals surface area contributed by atoms with Crippen LogP contribution in [-0.4, -0.2) is 22.0 Å².